The SMILES string of the molecule is CCNC(=NCc1ccc(OC)cc1OC)NCc1ccc(C)cc1OCCCOC.I. The van der Waals surface area contributed by atoms with Gasteiger partial charge in [0.25, 0.3) is 0 Å². The Labute approximate surface area is 208 Å². The van der Waals surface area contributed by atoms with Gasteiger partial charge in [0.2, 0.25) is 0 Å². The van der Waals surface area contributed by atoms with Crippen molar-refractivity contribution in [2.75, 3.05) is 41.1 Å². The number of nitrogens with zero attached hydrogens (tertiary/aromatic N) is 1. The van der Waals surface area contributed by atoms with Crippen molar-refractivity contribution in [2.24, 2.45) is 4.99 Å². The van der Waals surface area contributed by atoms with E-state index in [0.717, 1.165) is 52.9 Å². The van der Waals surface area contributed by atoms with Gasteiger partial charge in [0.05, 0.1) is 27.4 Å². The molecule has 32 heavy (non-hydrogen) atoms. The van der Waals surface area contributed by atoms with E-state index in [1.165, 1.54) is 0 Å². The van der Waals surface area contributed by atoms with Crippen LogP contribution in [0.4, 0.5) is 0 Å². The number of aliphatic imine (C=N–C) groups is 1. The van der Waals surface area contributed by atoms with E-state index in [9.17, 15) is 0 Å². The molecule has 7 nitrogen and oxygen atoms in total. The van der Waals surface area contributed by atoms with E-state index in [0.29, 0.717) is 26.3 Å². The van der Waals surface area contributed by atoms with E-state index in [-0.39, 0.29) is 24.0 Å². The molecule has 0 saturated carbocycles. The van der Waals surface area contributed by atoms with Gasteiger partial charge in [-0.1, -0.05) is 12.1 Å². The summed E-state index contributed by atoms with van der Waals surface area (Å²) in [7, 11) is 4.99. The monoisotopic (exact) mass is 557 g/mol. The van der Waals surface area contributed by atoms with Gasteiger partial charge in [-0.05, 0) is 37.6 Å². The van der Waals surface area contributed by atoms with Crippen molar-refractivity contribution in [1.29, 1.82) is 0 Å². The number of halogens is 1. The van der Waals surface area contributed by atoms with E-state index < -0.39 is 0 Å². The molecule has 0 radical (unpaired) electrons. The van der Waals surface area contributed by atoms with Crippen LogP contribution >= 0.6 is 24.0 Å². The van der Waals surface area contributed by atoms with Crippen molar-refractivity contribution in [1.82, 2.24) is 10.6 Å². The van der Waals surface area contributed by atoms with E-state index in [4.69, 9.17) is 23.9 Å². The predicted octanol–water partition coefficient (Wildman–Crippen LogP) is 4.30. The van der Waals surface area contributed by atoms with Gasteiger partial charge in [-0.25, -0.2) is 4.99 Å². The zero-order valence-corrected chi connectivity index (χ0v) is 22.0. The summed E-state index contributed by atoms with van der Waals surface area (Å²) >= 11 is 0. The summed E-state index contributed by atoms with van der Waals surface area (Å²) in [5.41, 5.74) is 3.23. The van der Waals surface area contributed by atoms with Crippen LogP contribution in [0, 0.1) is 6.92 Å². The number of guanidine groups is 1. The molecule has 8 heteroatoms. The van der Waals surface area contributed by atoms with Crippen molar-refractivity contribution < 1.29 is 18.9 Å². The van der Waals surface area contributed by atoms with Crippen molar-refractivity contribution in [3.05, 3.63) is 53.1 Å². The molecule has 2 N–H and O–H groups in total. The highest BCUT2D eigenvalue weighted by Crippen LogP contribution is 2.25. The molecule has 0 aliphatic rings. The minimum absolute atomic E-state index is 0. The Morgan fingerprint density at radius 2 is 1.69 bits per heavy atom. The number of ether oxygens (including phenoxy) is 4. The molecule has 0 aliphatic carbocycles. The quantitative estimate of drug-likeness (QED) is 0.176. The normalized spacial score (nSPS) is 10.8. The van der Waals surface area contributed by atoms with E-state index >= 15 is 0 Å². The molecule has 0 aliphatic heterocycles. The minimum Gasteiger partial charge on any atom is -0.497 e. The summed E-state index contributed by atoms with van der Waals surface area (Å²) in [6, 6.07) is 12.0. The standard InChI is InChI=1S/C24H35N3O4.HI/c1-6-25-24(26-16-19-10-11-21(29-4)15-22(19)30-5)27-17-20-9-8-18(2)14-23(20)31-13-7-12-28-3;/h8-11,14-15H,6-7,12-13,16-17H2,1-5H3,(H2,25,26,27);1H. The third-order valence-corrected chi connectivity index (χ3v) is 4.67. The Bertz CT molecular complexity index is 846. The molecule has 0 aromatic heterocycles. The molecule has 0 atom stereocenters. The summed E-state index contributed by atoms with van der Waals surface area (Å²) in [5, 5.41) is 6.69. The lowest BCUT2D eigenvalue weighted by molar-refractivity contribution is 0.171. The molecular formula is C24H36IN3O4. The molecule has 0 fully saturated rings. The van der Waals surface area contributed by atoms with E-state index in [1.807, 2.05) is 25.1 Å². The molecule has 2 aromatic carbocycles. The van der Waals surface area contributed by atoms with Gasteiger partial charge in [-0.15, -0.1) is 24.0 Å². The maximum atomic E-state index is 5.99. The average molecular weight is 557 g/mol. The molecular weight excluding hydrogens is 521 g/mol. The third-order valence-electron chi connectivity index (χ3n) is 4.67. The van der Waals surface area contributed by atoms with Gasteiger partial charge in [0.15, 0.2) is 5.96 Å². The van der Waals surface area contributed by atoms with Crippen LogP contribution in [-0.4, -0.2) is 47.0 Å². The maximum Gasteiger partial charge on any atom is 0.191 e. The molecule has 0 bridgehead atoms. The van der Waals surface area contributed by atoms with E-state index in [2.05, 4.69) is 35.8 Å². The molecule has 2 rings (SSSR count). The Morgan fingerprint density at radius 1 is 0.906 bits per heavy atom. The van der Waals surface area contributed by atoms with Crippen LogP contribution in [0.1, 0.15) is 30.0 Å². The number of nitrogens with one attached hydrogen (secondary N) is 2. The second-order valence-electron chi connectivity index (χ2n) is 7.03. The lowest BCUT2D eigenvalue weighted by Gasteiger charge is -2.16. The van der Waals surface area contributed by atoms with Crippen LogP contribution in [0.3, 0.4) is 0 Å². The van der Waals surface area contributed by atoms with Gasteiger partial charge in [-0.2, -0.15) is 0 Å². The van der Waals surface area contributed by atoms with Gasteiger partial charge in [-0.3, -0.25) is 0 Å². The van der Waals surface area contributed by atoms with Crippen LogP contribution in [0.25, 0.3) is 0 Å². The second-order valence-corrected chi connectivity index (χ2v) is 7.03. The first-order valence-corrected chi connectivity index (χ1v) is 10.6. The highest BCUT2D eigenvalue weighted by atomic mass is 127. The summed E-state index contributed by atoms with van der Waals surface area (Å²) in [6.07, 6.45) is 0.852. The average Bonchev–Trinajstić information content (AvgIpc) is 2.79. The Morgan fingerprint density at radius 3 is 2.38 bits per heavy atom. The summed E-state index contributed by atoms with van der Waals surface area (Å²) in [4.78, 5) is 4.71. The predicted molar refractivity (Wildman–Crippen MR) is 140 cm³/mol. The summed E-state index contributed by atoms with van der Waals surface area (Å²) in [6.45, 7) is 7.26. The van der Waals surface area contributed by atoms with Gasteiger partial charge in [0.1, 0.15) is 17.2 Å². The molecule has 0 saturated heterocycles. The Balaban J connectivity index is 0.00000512. The molecule has 0 unspecified atom stereocenters. The number of benzene rings is 2. The molecule has 178 valence electrons. The summed E-state index contributed by atoms with van der Waals surface area (Å²) in [5.74, 6) is 3.12. The topological polar surface area (TPSA) is 73.3 Å². The maximum absolute atomic E-state index is 5.99. The van der Waals surface area contributed by atoms with Crippen LogP contribution < -0.4 is 24.8 Å². The molecule has 0 heterocycles. The third kappa shape index (κ3) is 9.12. The van der Waals surface area contributed by atoms with E-state index in [1.54, 1.807) is 21.3 Å². The van der Waals surface area contributed by atoms with Crippen molar-refractivity contribution >= 4 is 29.9 Å². The largest absolute Gasteiger partial charge is 0.497 e. The van der Waals surface area contributed by atoms with Crippen molar-refractivity contribution in [2.45, 2.75) is 33.4 Å². The van der Waals surface area contributed by atoms with Crippen LogP contribution in [-0.2, 0) is 17.8 Å². The second kappa shape index (κ2) is 15.6. The van der Waals surface area contributed by atoms with Crippen molar-refractivity contribution in [3.8, 4) is 17.2 Å². The Kier molecular flexibility index (Phi) is 13.5. The Hall–Kier alpha value is -2.20. The number of rotatable bonds is 12. The number of aryl methyl sites for hydroxylation is 1. The van der Waals surface area contributed by atoms with Crippen LogP contribution in [0.5, 0.6) is 17.2 Å². The van der Waals surface area contributed by atoms with Gasteiger partial charge < -0.3 is 29.6 Å². The first-order chi connectivity index (χ1) is 15.1. The van der Waals surface area contributed by atoms with Gasteiger partial charge in [0, 0.05) is 50.4 Å². The smallest absolute Gasteiger partial charge is 0.191 e. The fourth-order valence-electron chi connectivity index (χ4n) is 2.99. The zero-order chi connectivity index (χ0) is 22.5. The van der Waals surface area contributed by atoms with Crippen molar-refractivity contribution in [3.63, 3.8) is 0 Å². The lowest BCUT2D eigenvalue weighted by atomic mass is 10.1. The summed E-state index contributed by atoms with van der Waals surface area (Å²) < 4.78 is 21.8. The van der Waals surface area contributed by atoms with Crippen LogP contribution in [0.2, 0.25) is 0 Å². The fraction of sp³-hybridized carbons (Fsp3) is 0.458. The number of methoxy groups -OCH3 is 3. The minimum atomic E-state index is 0. The first kappa shape index (κ1) is 27.8. The molecule has 2 aromatic rings. The number of hydrogen-bond donors (Lipinski definition) is 2. The fourth-order valence-corrected chi connectivity index (χ4v) is 2.99. The molecule has 0 amide bonds. The molecule has 0 spiro atoms. The highest BCUT2D eigenvalue weighted by molar-refractivity contribution is 14.0. The van der Waals surface area contributed by atoms with Gasteiger partial charge >= 0.3 is 0 Å². The highest BCUT2D eigenvalue weighted by Gasteiger charge is 2.08. The lowest BCUT2D eigenvalue weighted by Crippen LogP contribution is -2.36. The number of hydrogen-bond acceptors (Lipinski definition) is 5. The first-order valence-electron chi connectivity index (χ1n) is 10.6. The zero-order valence-electron chi connectivity index (χ0n) is 19.7. The van der Waals surface area contributed by atoms with Crippen LogP contribution in [0.15, 0.2) is 41.4 Å².